The minimum Gasteiger partial charge on any atom is -0.455 e. The Balaban J connectivity index is 1.86. The molecule has 0 aromatic heterocycles. The molecule has 2 N–H and O–H groups in total. The maximum absolute atomic E-state index is 12.4. The van der Waals surface area contributed by atoms with Crippen molar-refractivity contribution in [3.63, 3.8) is 0 Å². The Morgan fingerprint density at radius 3 is 2.19 bits per heavy atom. The third-order valence-electron chi connectivity index (χ3n) is 3.85. The number of amides is 2. The quantitative estimate of drug-likeness (QED) is 0.588. The molecule has 0 spiro atoms. The SMILES string of the molecule is CC(C)[C@@H](C(=O)OCC(=O)NNC(=O)c1ccccc1)c1ccc(Cl)cc1. The topological polar surface area (TPSA) is 84.5 Å². The van der Waals surface area contributed by atoms with E-state index in [1.54, 1.807) is 54.6 Å². The van der Waals surface area contributed by atoms with Crippen LogP contribution in [0.25, 0.3) is 0 Å². The summed E-state index contributed by atoms with van der Waals surface area (Å²) >= 11 is 5.88. The zero-order valence-electron chi connectivity index (χ0n) is 15.1. The third kappa shape index (κ3) is 6.11. The number of benzene rings is 2. The van der Waals surface area contributed by atoms with Crippen LogP contribution < -0.4 is 10.9 Å². The van der Waals surface area contributed by atoms with Gasteiger partial charge in [-0.1, -0.05) is 55.8 Å². The van der Waals surface area contributed by atoms with Gasteiger partial charge in [0.2, 0.25) is 0 Å². The van der Waals surface area contributed by atoms with E-state index < -0.39 is 30.3 Å². The molecule has 0 unspecified atom stereocenters. The number of hydrogen-bond acceptors (Lipinski definition) is 4. The Morgan fingerprint density at radius 1 is 0.963 bits per heavy atom. The minimum absolute atomic E-state index is 0.0282. The van der Waals surface area contributed by atoms with Crippen molar-refractivity contribution in [1.82, 2.24) is 10.9 Å². The first-order valence-corrected chi connectivity index (χ1v) is 8.82. The van der Waals surface area contributed by atoms with Crippen LogP contribution >= 0.6 is 11.6 Å². The first-order valence-electron chi connectivity index (χ1n) is 8.45. The fourth-order valence-corrected chi connectivity index (χ4v) is 2.64. The average molecular weight is 389 g/mol. The molecule has 2 amide bonds. The lowest BCUT2D eigenvalue weighted by atomic mass is 9.88. The summed E-state index contributed by atoms with van der Waals surface area (Å²) in [6.45, 7) is 3.28. The Bertz CT molecular complexity index is 791. The molecular weight excluding hydrogens is 368 g/mol. The lowest BCUT2D eigenvalue weighted by molar-refractivity contribution is -0.151. The number of hydrogen-bond donors (Lipinski definition) is 2. The van der Waals surface area contributed by atoms with Gasteiger partial charge in [0.15, 0.2) is 6.61 Å². The minimum atomic E-state index is -0.633. The summed E-state index contributed by atoms with van der Waals surface area (Å²) in [6.07, 6.45) is 0. The molecule has 0 aliphatic rings. The van der Waals surface area contributed by atoms with Gasteiger partial charge in [-0.15, -0.1) is 0 Å². The van der Waals surface area contributed by atoms with E-state index in [2.05, 4.69) is 10.9 Å². The van der Waals surface area contributed by atoms with Crippen LogP contribution in [-0.2, 0) is 14.3 Å². The van der Waals surface area contributed by atoms with Crippen molar-refractivity contribution < 1.29 is 19.1 Å². The molecule has 142 valence electrons. The van der Waals surface area contributed by atoms with Gasteiger partial charge >= 0.3 is 5.97 Å². The first-order chi connectivity index (χ1) is 12.9. The van der Waals surface area contributed by atoms with Gasteiger partial charge in [-0.3, -0.25) is 25.2 Å². The van der Waals surface area contributed by atoms with E-state index in [1.807, 2.05) is 13.8 Å². The van der Waals surface area contributed by atoms with Gasteiger partial charge in [0.05, 0.1) is 5.92 Å². The van der Waals surface area contributed by atoms with Gasteiger partial charge in [-0.05, 0) is 35.7 Å². The highest BCUT2D eigenvalue weighted by molar-refractivity contribution is 6.30. The van der Waals surface area contributed by atoms with Crippen LogP contribution in [0.2, 0.25) is 5.02 Å². The molecule has 0 saturated heterocycles. The second-order valence-electron chi connectivity index (χ2n) is 6.25. The average Bonchev–Trinajstić information content (AvgIpc) is 2.66. The second kappa shape index (κ2) is 9.73. The van der Waals surface area contributed by atoms with E-state index in [0.29, 0.717) is 10.6 Å². The van der Waals surface area contributed by atoms with Crippen LogP contribution in [0, 0.1) is 5.92 Å². The highest BCUT2D eigenvalue weighted by atomic mass is 35.5. The number of ether oxygens (including phenoxy) is 1. The van der Waals surface area contributed by atoms with E-state index in [9.17, 15) is 14.4 Å². The van der Waals surface area contributed by atoms with E-state index >= 15 is 0 Å². The van der Waals surface area contributed by atoms with Crippen molar-refractivity contribution in [1.29, 1.82) is 0 Å². The number of carbonyl (C=O) groups is 3. The fraction of sp³-hybridized carbons (Fsp3) is 0.250. The summed E-state index contributed by atoms with van der Waals surface area (Å²) in [6, 6.07) is 15.3. The summed E-state index contributed by atoms with van der Waals surface area (Å²) in [4.78, 5) is 36.1. The largest absolute Gasteiger partial charge is 0.455 e. The normalized spacial score (nSPS) is 11.6. The Kier molecular flexibility index (Phi) is 7.37. The molecule has 1 atom stereocenters. The number of halogens is 1. The van der Waals surface area contributed by atoms with Crippen molar-refractivity contribution in [2.24, 2.45) is 5.92 Å². The molecule has 2 aromatic carbocycles. The van der Waals surface area contributed by atoms with Gasteiger partial charge in [-0.25, -0.2) is 0 Å². The van der Waals surface area contributed by atoms with Crippen molar-refractivity contribution in [2.75, 3.05) is 6.61 Å². The summed E-state index contributed by atoms with van der Waals surface area (Å²) in [5, 5.41) is 0.572. The number of esters is 1. The summed E-state index contributed by atoms with van der Waals surface area (Å²) in [5.74, 6) is -2.16. The maximum atomic E-state index is 12.4. The van der Waals surface area contributed by atoms with Crippen molar-refractivity contribution in [2.45, 2.75) is 19.8 Å². The van der Waals surface area contributed by atoms with Gasteiger partial charge in [0.1, 0.15) is 0 Å². The van der Waals surface area contributed by atoms with Gasteiger partial charge in [0.25, 0.3) is 11.8 Å². The zero-order chi connectivity index (χ0) is 19.8. The monoisotopic (exact) mass is 388 g/mol. The van der Waals surface area contributed by atoms with Crippen LogP contribution in [0.1, 0.15) is 35.7 Å². The fourth-order valence-electron chi connectivity index (χ4n) is 2.51. The molecule has 27 heavy (non-hydrogen) atoms. The Labute approximate surface area is 162 Å². The maximum Gasteiger partial charge on any atom is 0.314 e. The summed E-state index contributed by atoms with van der Waals surface area (Å²) in [7, 11) is 0. The molecule has 0 aliphatic heterocycles. The van der Waals surface area contributed by atoms with Gasteiger partial charge < -0.3 is 4.74 Å². The van der Waals surface area contributed by atoms with Crippen molar-refractivity contribution >= 4 is 29.4 Å². The molecule has 0 radical (unpaired) electrons. The zero-order valence-corrected chi connectivity index (χ0v) is 15.8. The summed E-state index contributed by atoms with van der Waals surface area (Å²) < 4.78 is 5.11. The number of hydrazine groups is 1. The predicted molar refractivity (Wildman–Crippen MR) is 102 cm³/mol. The standard InChI is InChI=1S/C20H21ClN2O4/c1-13(2)18(14-8-10-16(21)11-9-14)20(26)27-12-17(24)22-23-19(25)15-6-4-3-5-7-15/h3-11,13,18H,12H2,1-2H3,(H,22,24)(H,23,25)/t18-/m1/s1. The van der Waals surface area contributed by atoms with E-state index in [-0.39, 0.29) is 5.92 Å². The lowest BCUT2D eigenvalue weighted by Crippen LogP contribution is -2.43. The molecular formula is C20H21ClN2O4. The van der Waals surface area contributed by atoms with Gasteiger partial charge in [0, 0.05) is 10.6 Å². The van der Waals surface area contributed by atoms with E-state index in [4.69, 9.17) is 16.3 Å². The predicted octanol–water partition coefficient (Wildman–Crippen LogP) is 3.08. The molecule has 2 aromatic rings. The molecule has 6 nitrogen and oxygen atoms in total. The van der Waals surface area contributed by atoms with Gasteiger partial charge in [-0.2, -0.15) is 0 Å². The van der Waals surface area contributed by atoms with Crippen molar-refractivity contribution in [3.05, 3.63) is 70.7 Å². The molecule has 7 heteroatoms. The summed E-state index contributed by atoms with van der Waals surface area (Å²) in [5.41, 5.74) is 5.65. The first kappa shape index (κ1) is 20.5. The van der Waals surface area contributed by atoms with Crippen LogP contribution in [0.4, 0.5) is 0 Å². The van der Waals surface area contributed by atoms with Crippen LogP contribution in [0.5, 0.6) is 0 Å². The van der Waals surface area contributed by atoms with Crippen LogP contribution in [0.15, 0.2) is 54.6 Å². The smallest absolute Gasteiger partial charge is 0.314 e. The Hall–Kier alpha value is -2.86. The third-order valence-corrected chi connectivity index (χ3v) is 4.10. The number of rotatable bonds is 6. The van der Waals surface area contributed by atoms with E-state index in [0.717, 1.165) is 5.56 Å². The lowest BCUT2D eigenvalue weighted by Gasteiger charge is -2.20. The van der Waals surface area contributed by atoms with Crippen LogP contribution in [-0.4, -0.2) is 24.4 Å². The number of nitrogens with one attached hydrogen (secondary N) is 2. The second-order valence-corrected chi connectivity index (χ2v) is 6.69. The molecule has 2 rings (SSSR count). The van der Waals surface area contributed by atoms with Crippen molar-refractivity contribution in [3.8, 4) is 0 Å². The van der Waals surface area contributed by atoms with E-state index in [1.165, 1.54) is 0 Å². The highest BCUT2D eigenvalue weighted by Gasteiger charge is 2.26. The number of carbonyl (C=O) groups excluding carboxylic acids is 3. The van der Waals surface area contributed by atoms with Crippen LogP contribution in [0.3, 0.4) is 0 Å². The molecule has 0 saturated carbocycles. The molecule has 0 bridgehead atoms. The highest BCUT2D eigenvalue weighted by Crippen LogP contribution is 2.27. The Morgan fingerprint density at radius 2 is 1.59 bits per heavy atom. The molecule has 0 heterocycles. The molecule has 0 aliphatic carbocycles. The molecule has 0 fully saturated rings.